The largest absolute Gasteiger partial charge is 0.389 e. The Bertz CT molecular complexity index is 527. The molecule has 0 saturated carbocycles. The van der Waals surface area contributed by atoms with Gasteiger partial charge in [-0.25, -0.2) is 13.1 Å². The first-order valence-corrected chi connectivity index (χ1v) is 8.02. The second-order valence-corrected chi connectivity index (χ2v) is 7.17. The number of methoxy groups -OCH3 is 2. The zero-order valence-electron chi connectivity index (χ0n) is 10.6. The lowest BCUT2D eigenvalue weighted by molar-refractivity contribution is 0.0320. The third kappa shape index (κ3) is 4.79. The van der Waals surface area contributed by atoms with Gasteiger partial charge in [-0.2, -0.15) is 0 Å². The van der Waals surface area contributed by atoms with Gasteiger partial charge in [0.1, 0.15) is 9.20 Å². The minimum Gasteiger partial charge on any atom is -0.389 e. The zero-order chi connectivity index (χ0) is 14.5. The van der Waals surface area contributed by atoms with Crippen LogP contribution in [0.15, 0.2) is 16.3 Å². The van der Waals surface area contributed by atoms with E-state index in [2.05, 4.69) is 4.72 Å². The molecule has 1 unspecified atom stereocenters. The highest BCUT2D eigenvalue weighted by atomic mass is 32.2. The van der Waals surface area contributed by atoms with Crippen molar-refractivity contribution >= 4 is 38.6 Å². The molecule has 0 bridgehead atoms. The maximum Gasteiger partial charge on any atom is 0.250 e. The van der Waals surface area contributed by atoms with Crippen LogP contribution in [0.2, 0.25) is 0 Å². The van der Waals surface area contributed by atoms with Crippen molar-refractivity contribution in [2.24, 2.45) is 5.73 Å². The van der Waals surface area contributed by atoms with Gasteiger partial charge in [0.2, 0.25) is 10.0 Å². The molecule has 0 amide bonds. The van der Waals surface area contributed by atoms with Crippen LogP contribution < -0.4 is 10.5 Å². The Morgan fingerprint density at radius 1 is 1.53 bits per heavy atom. The first-order chi connectivity index (χ1) is 8.90. The molecule has 1 rings (SSSR count). The SMILES string of the molecule is COCC(CNS(=O)(=O)c1ccc(C(N)=S)s1)OC. The normalized spacial score (nSPS) is 13.4. The molecule has 1 aromatic heterocycles. The molecule has 0 spiro atoms. The number of nitrogens with one attached hydrogen (secondary N) is 1. The highest BCUT2D eigenvalue weighted by Gasteiger charge is 2.19. The van der Waals surface area contributed by atoms with Crippen molar-refractivity contribution in [1.82, 2.24) is 4.72 Å². The van der Waals surface area contributed by atoms with Crippen LogP contribution in [0.1, 0.15) is 4.88 Å². The van der Waals surface area contributed by atoms with Gasteiger partial charge in [0, 0.05) is 20.8 Å². The predicted octanol–water partition coefficient (Wildman–Crippen LogP) is 0.322. The highest BCUT2D eigenvalue weighted by molar-refractivity contribution is 7.91. The van der Waals surface area contributed by atoms with E-state index in [0.717, 1.165) is 11.3 Å². The summed E-state index contributed by atoms with van der Waals surface area (Å²) in [6, 6.07) is 3.06. The summed E-state index contributed by atoms with van der Waals surface area (Å²) in [6.07, 6.45) is -0.338. The summed E-state index contributed by atoms with van der Waals surface area (Å²) in [6.45, 7) is 0.439. The van der Waals surface area contributed by atoms with Crippen molar-refractivity contribution in [3.05, 3.63) is 17.0 Å². The van der Waals surface area contributed by atoms with Crippen LogP contribution in [0.25, 0.3) is 0 Å². The molecule has 0 fully saturated rings. The van der Waals surface area contributed by atoms with Gasteiger partial charge >= 0.3 is 0 Å². The number of rotatable bonds is 8. The second-order valence-electron chi connectivity index (χ2n) is 3.65. The quantitative estimate of drug-likeness (QED) is 0.669. The molecule has 6 nitrogen and oxygen atoms in total. The fraction of sp³-hybridized carbons (Fsp3) is 0.500. The molecule has 0 aromatic carbocycles. The summed E-state index contributed by atoms with van der Waals surface area (Å²) in [7, 11) is -0.562. The zero-order valence-corrected chi connectivity index (χ0v) is 13.0. The van der Waals surface area contributed by atoms with Gasteiger partial charge in [-0.05, 0) is 12.1 Å². The Hall–Kier alpha value is -0.580. The number of sulfonamides is 1. The van der Waals surface area contributed by atoms with Crippen molar-refractivity contribution in [2.75, 3.05) is 27.4 Å². The van der Waals surface area contributed by atoms with E-state index in [-0.39, 0.29) is 21.8 Å². The van der Waals surface area contributed by atoms with Crippen LogP contribution in [0, 0.1) is 0 Å². The van der Waals surface area contributed by atoms with E-state index < -0.39 is 10.0 Å². The van der Waals surface area contributed by atoms with Crippen LogP contribution in [-0.2, 0) is 19.5 Å². The van der Waals surface area contributed by atoms with Crippen molar-refractivity contribution in [3.8, 4) is 0 Å². The van der Waals surface area contributed by atoms with E-state index in [0.29, 0.717) is 11.5 Å². The van der Waals surface area contributed by atoms with Crippen molar-refractivity contribution < 1.29 is 17.9 Å². The minimum atomic E-state index is -3.58. The van der Waals surface area contributed by atoms with Crippen molar-refractivity contribution in [2.45, 2.75) is 10.3 Å². The molecule has 0 aliphatic heterocycles. The lowest BCUT2D eigenvalue weighted by atomic mass is 10.4. The van der Waals surface area contributed by atoms with Crippen LogP contribution in [0.5, 0.6) is 0 Å². The van der Waals surface area contributed by atoms with E-state index in [9.17, 15) is 8.42 Å². The maximum absolute atomic E-state index is 12.0. The monoisotopic (exact) mass is 324 g/mol. The third-order valence-corrected chi connectivity index (χ3v) is 5.66. The molecular weight excluding hydrogens is 308 g/mol. The number of thiophene rings is 1. The first kappa shape index (κ1) is 16.5. The van der Waals surface area contributed by atoms with Gasteiger partial charge in [-0.3, -0.25) is 0 Å². The highest BCUT2D eigenvalue weighted by Crippen LogP contribution is 2.21. The molecule has 108 valence electrons. The summed E-state index contributed by atoms with van der Waals surface area (Å²) in [5.41, 5.74) is 5.44. The maximum atomic E-state index is 12.0. The summed E-state index contributed by atoms with van der Waals surface area (Å²) < 4.78 is 36.6. The molecule has 0 saturated heterocycles. The standard InChI is InChI=1S/C10H16N2O4S3/c1-15-6-7(16-2)5-12-19(13,14)9-4-3-8(18-9)10(11)17/h3-4,7,12H,5-6H2,1-2H3,(H2,11,17). The molecule has 9 heteroatoms. The number of nitrogens with two attached hydrogens (primary N) is 1. The first-order valence-electron chi connectivity index (χ1n) is 5.31. The van der Waals surface area contributed by atoms with E-state index in [1.165, 1.54) is 20.3 Å². The van der Waals surface area contributed by atoms with E-state index in [4.69, 9.17) is 27.4 Å². The smallest absolute Gasteiger partial charge is 0.250 e. The lowest BCUT2D eigenvalue weighted by Crippen LogP contribution is -2.35. The molecular formula is C10H16N2O4S3. The number of ether oxygens (including phenoxy) is 2. The summed E-state index contributed by atoms with van der Waals surface area (Å²) in [5, 5.41) is 0. The van der Waals surface area contributed by atoms with Gasteiger partial charge in [-0.1, -0.05) is 12.2 Å². The molecule has 3 N–H and O–H groups in total. The lowest BCUT2D eigenvalue weighted by Gasteiger charge is -2.14. The van der Waals surface area contributed by atoms with Gasteiger partial charge in [-0.15, -0.1) is 11.3 Å². The summed E-state index contributed by atoms with van der Waals surface area (Å²) in [5.74, 6) is 0. The average Bonchev–Trinajstić information content (AvgIpc) is 2.85. The number of hydrogen-bond donors (Lipinski definition) is 2. The molecule has 0 aliphatic rings. The predicted molar refractivity (Wildman–Crippen MR) is 78.1 cm³/mol. The molecule has 0 aliphatic carbocycles. The molecule has 1 aromatic rings. The van der Waals surface area contributed by atoms with Crippen molar-refractivity contribution in [1.29, 1.82) is 0 Å². The van der Waals surface area contributed by atoms with Crippen LogP contribution in [0.4, 0.5) is 0 Å². The molecule has 19 heavy (non-hydrogen) atoms. The summed E-state index contributed by atoms with van der Waals surface area (Å²) in [4.78, 5) is 0.746. The topological polar surface area (TPSA) is 90.7 Å². The van der Waals surface area contributed by atoms with E-state index >= 15 is 0 Å². The van der Waals surface area contributed by atoms with Crippen molar-refractivity contribution in [3.63, 3.8) is 0 Å². The van der Waals surface area contributed by atoms with Gasteiger partial charge < -0.3 is 15.2 Å². The van der Waals surface area contributed by atoms with E-state index in [1.54, 1.807) is 6.07 Å². The third-order valence-electron chi connectivity index (χ3n) is 2.28. The Morgan fingerprint density at radius 3 is 2.68 bits per heavy atom. The second kappa shape index (κ2) is 7.27. The Morgan fingerprint density at radius 2 is 2.21 bits per heavy atom. The average molecular weight is 324 g/mol. The number of thiocarbonyl (C=S) groups is 1. The minimum absolute atomic E-state index is 0.132. The molecule has 1 atom stereocenters. The van der Waals surface area contributed by atoms with Gasteiger partial charge in [0.25, 0.3) is 0 Å². The Labute approximate surface area is 121 Å². The van der Waals surface area contributed by atoms with Gasteiger partial charge in [0.05, 0.1) is 17.6 Å². The molecule has 1 heterocycles. The van der Waals surface area contributed by atoms with Crippen LogP contribution in [-0.4, -0.2) is 46.9 Å². The Kier molecular flexibility index (Phi) is 6.30. The fourth-order valence-electron chi connectivity index (χ4n) is 1.27. The van der Waals surface area contributed by atoms with E-state index in [1.807, 2.05) is 0 Å². The fourth-order valence-corrected chi connectivity index (χ4v) is 3.73. The summed E-state index contributed by atoms with van der Waals surface area (Å²) >= 11 is 5.83. The van der Waals surface area contributed by atoms with Crippen LogP contribution in [0.3, 0.4) is 0 Å². The van der Waals surface area contributed by atoms with Gasteiger partial charge in [0.15, 0.2) is 0 Å². The number of hydrogen-bond acceptors (Lipinski definition) is 6. The Balaban J connectivity index is 2.72. The van der Waals surface area contributed by atoms with Crippen LogP contribution >= 0.6 is 23.6 Å². The molecule has 0 radical (unpaired) electrons.